The van der Waals surface area contributed by atoms with Gasteiger partial charge in [-0.1, -0.05) is 50.5 Å². The molecule has 0 atom stereocenters. The number of alkyl halides is 2. The Bertz CT molecular complexity index is 1730. The van der Waals surface area contributed by atoms with Gasteiger partial charge in [-0.05, 0) is 72.9 Å². The lowest BCUT2D eigenvalue weighted by Crippen LogP contribution is -2.27. The maximum absolute atomic E-state index is 15.1. The van der Waals surface area contributed by atoms with Gasteiger partial charge in [0.15, 0.2) is 6.29 Å². The lowest BCUT2D eigenvalue weighted by Gasteiger charge is -2.30. The molecule has 1 fully saturated rings. The number of hydrogen-bond donors (Lipinski definition) is 0. The van der Waals surface area contributed by atoms with Crippen LogP contribution in [0.1, 0.15) is 62.0 Å². The topological polar surface area (TPSA) is 27.7 Å². The number of allylic oxidation sites excluding steroid dienone is 1. The Balaban J connectivity index is 1.27. The Morgan fingerprint density at radius 2 is 1.42 bits per heavy atom. The van der Waals surface area contributed by atoms with E-state index >= 15 is 17.6 Å². The second kappa shape index (κ2) is 15.4. The van der Waals surface area contributed by atoms with E-state index in [0.29, 0.717) is 25.7 Å². The number of benzene rings is 4. The third kappa shape index (κ3) is 8.10. The van der Waals surface area contributed by atoms with Gasteiger partial charge in [-0.2, -0.15) is 8.78 Å². The van der Waals surface area contributed by atoms with Gasteiger partial charge in [-0.25, -0.2) is 22.0 Å². The first kappa shape index (κ1) is 35.2. The molecular formula is C38H35F7O3. The molecule has 254 valence electrons. The second-order valence-electron chi connectivity index (χ2n) is 11.8. The molecule has 0 aromatic heterocycles. The molecule has 1 heterocycles. The van der Waals surface area contributed by atoms with Crippen molar-refractivity contribution in [2.24, 2.45) is 5.92 Å². The van der Waals surface area contributed by atoms with E-state index in [1.807, 2.05) is 0 Å². The zero-order valence-electron chi connectivity index (χ0n) is 26.3. The molecule has 10 heteroatoms. The van der Waals surface area contributed by atoms with Gasteiger partial charge in [0.2, 0.25) is 0 Å². The molecule has 4 aromatic carbocycles. The minimum absolute atomic E-state index is 0.0386. The molecule has 0 N–H and O–H groups in total. The van der Waals surface area contributed by atoms with Crippen LogP contribution in [0.2, 0.25) is 0 Å². The van der Waals surface area contributed by atoms with E-state index in [0.717, 1.165) is 68.1 Å². The van der Waals surface area contributed by atoms with Gasteiger partial charge >= 0.3 is 6.11 Å². The van der Waals surface area contributed by atoms with Crippen molar-refractivity contribution in [3.63, 3.8) is 0 Å². The summed E-state index contributed by atoms with van der Waals surface area (Å²) in [5.41, 5.74) is -1.24. The molecule has 1 saturated heterocycles. The minimum Gasteiger partial charge on any atom is -0.429 e. The van der Waals surface area contributed by atoms with Gasteiger partial charge in [-0.3, -0.25) is 0 Å². The maximum Gasteiger partial charge on any atom is 0.429 e. The van der Waals surface area contributed by atoms with E-state index in [1.165, 1.54) is 24.3 Å². The zero-order valence-corrected chi connectivity index (χ0v) is 26.3. The Morgan fingerprint density at radius 3 is 2.04 bits per heavy atom. The molecular weight excluding hydrogens is 637 g/mol. The Kier molecular flexibility index (Phi) is 11.3. The number of rotatable bonds is 13. The van der Waals surface area contributed by atoms with Gasteiger partial charge in [0.25, 0.3) is 0 Å². The van der Waals surface area contributed by atoms with Crippen LogP contribution in [-0.2, 0) is 22.0 Å². The molecule has 0 unspecified atom stereocenters. The monoisotopic (exact) mass is 672 g/mol. The van der Waals surface area contributed by atoms with Crippen molar-refractivity contribution in [2.45, 2.75) is 57.8 Å². The van der Waals surface area contributed by atoms with E-state index in [-0.39, 0.29) is 45.7 Å². The van der Waals surface area contributed by atoms with E-state index < -0.39 is 52.8 Å². The molecule has 4 aromatic rings. The van der Waals surface area contributed by atoms with Gasteiger partial charge < -0.3 is 14.2 Å². The summed E-state index contributed by atoms with van der Waals surface area (Å²) in [5, 5.41) is 0. The zero-order chi connectivity index (χ0) is 34.4. The average Bonchev–Trinajstić information content (AvgIpc) is 3.04. The van der Waals surface area contributed by atoms with E-state index in [4.69, 9.17) is 14.2 Å². The summed E-state index contributed by atoms with van der Waals surface area (Å²) in [6, 6.07) is 11.4. The van der Waals surface area contributed by atoms with Crippen molar-refractivity contribution >= 4 is 0 Å². The van der Waals surface area contributed by atoms with Crippen LogP contribution in [0.4, 0.5) is 30.7 Å². The second-order valence-corrected chi connectivity index (χ2v) is 11.8. The number of halogens is 7. The molecule has 3 nitrogen and oxygen atoms in total. The van der Waals surface area contributed by atoms with E-state index in [2.05, 4.69) is 13.5 Å². The first-order valence-corrected chi connectivity index (χ1v) is 15.8. The van der Waals surface area contributed by atoms with Crippen molar-refractivity contribution in [1.29, 1.82) is 0 Å². The fraction of sp³-hybridized carbons (Fsp3) is 0.316. The van der Waals surface area contributed by atoms with Crippen molar-refractivity contribution in [1.82, 2.24) is 0 Å². The van der Waals surface area contributed by atoms with Gasteiger partial charge in [-0.15, -0.1) is 6.58 Å². The summed E-state index contributed by atoms with van der Waals surface area (Å²) in [6.45, 7) is 6.47. The minimum atomic E-state index is -4.17. The molecule has 48 heavy (non-hydrogen) atoms. The summed E-state index contributed by atoms with van der Waals surface area (Å²) in [4.78, 5) is 0. The van der Waals surface area contributed by atoms with E-state index in [9.17, 15) is 13.2 Å². The highest BCUT2D eigenvalue weighted by atomic mass is 19.3. The smallest absolute Gasteiger partial charge is 0.429 e. The third-order valence-electron chi connectivity index (χ3n) is 8.28. The first-order valence-electron chi connectivity index (χ1n) is 15.8. The SMILES string of the molecule is C=CCCc1c(F)cc(-c2ccc(-c3ccc(OC(F)(F)c4ccc(C5OCC(CCCCC)CO5)cc4F)cc3F)cc2F)cc1F. The van der Waals surface area contributed by atoms with Crippen LogP contribution in [0.5, 0.6) is 5.75 Å². The Labute approximate surface area is 275 Å². The summed E-state index contributed by atoms with van der Waals surface area (Å²) in [6.07, 6.45) is 1.12. The largest absolute Gasteiger partial charge is 0.429 e. The van der Waals surface area contributed by atoms with Gasteiger partial charge in [0, 0.05) is 34.2 Å². The van der Waals surface area contributed by atoms with Crippen LogP contribution in [0, 0.1) is 35.0 Å². The Hall–Kier alpha value is -4.15. The lowest BCUT2D eigenvalue weighted by molar-refractivity contribution is -0.206. The van der Waals surface area contributed by atoms with Crippen LogP contribution in [0.15, 0.2) is 79.4 Å². The summed E-state index contributed by atoms with van der Waals surface area (Å²) in [7, 11) is 0. The quantitative estimate of drug-likeness (QED) is 0.0804. The molecule has 1 aliphatic heterocycles. The first-order chi connectivity index (χ1) is 23.0. The normalized spacial score (nSPS) is 16.6. The summed E-state index contributed by atoms with van der Waals surface area (Å²) >= 11 is 0. The third-order valence-corrected chi connectivity index (χ3v) is 8.28. The molecule has 0 saturated carbocycles. The standard InChI is InChI=1S/C38H35F7O3/c1-3-5-7-8-23-21-46-37(47-22-23)25-11-15-31(36(43)17-25)38(44,45)48-27-12-14-28(35(42)20-27)24-10-13-29(32(39)16-24)26-18-33(40)30(9-6-4-2)34(41)19-26/h4,10-20,23,37H,2-3,5-9,21-22H2,1H3. The maximum atomic E-state index is 15.1. The number of unbranched alkanes of at least 4 members (excludes halogenated alkanes) is 2. The van der Waals surface area contributed by atoms with E-state index in [1.54, 1.807) is 0 Å². The van der Waals surface area contributed by atoms with Crippen LogP contribution in [0.3, 0.4) is 0 Å². The summed E-state index contributed by atoms with van der Waals surface area (Å²) < 4.78 is 121. The molecule has 5 rings (SSSR count). The molecule has 0 bridgehead atoms. The molecule has 0 spiro atoms. The van der Waals surface area contributed by atoms with Crippen molar-refractivity contribution < 1.29 is 44.9 Å². The molecule has 1 aliphatic rings. The Morgan fingerprint density at radius 1 is 0.771 bits per heavy atom. The van der Waals surface area contributed by atoms with Crippen LogP contribution < -0.4 is 4.74 Å². The number of hydrogen-bond acceptors (Lipinski definition) is 3. The highest BCUT2D eigenvalue weighted by Crippen LogP contribution is 2.38. The summed E-state index contributed by atoms with van der Waals surface area (Å²) in [5.74, 6) is -5.20. The fourth-order valence-electron chi connectivity index (χ4n) is 5.66. The fourth-order valence-corrected chi connectivity index (χ4v) is 5.66. The van der Waals surface area contributed by atoms with Gasteiger partial charge in [0.05, 0.1) is 18.8 Å². The lowest BCUT2D eigenvalue weighted by atomic mass is 9.97. The molecule has 0 aliphatic carbocycles. The van der Waals surface area contributed by atoms with Crippen molar-refractivity contribution in [3.8, 4) is 28.0 Å². The predicted molar refractivity (Wildman–Crippen MR) is 169 cm³/mol. The van der Waals surface area contributed by atoms with Gasteiger partial charge in [0.1, 0.15) is 34.8 Å². The molecule has 0 radical (unpaired) electrons. The number of ether oxygens (including phenoxy) is 3. The molecule has 0 amide bonds. The van der Waals surface area contributed by atoms with Crippen molar-refractivity contribution in [2.75, 3.05) is 13.2 Å². The predicted octanol–water partition coefficient (Wildman–Crippen LogP) is 11.2. The van der Waals surface area contributed by atoms with Crippen LogP contribution >= 0.6 is 0 Å². The average molecular weight is 673 g/mol. The highest BCUT2D eigenvalue weighted by Gasteiger charge is 2.38. The van der Waals surface area contributed by atoms with Crippen LogP contribution in [0.25, 0.3) is 22.3 Å². The van der Waals surface area contributed by atoms with Crippen LogP contribution in [-0.4, -0.2) is 13.2 Å². The highest BCUT2D eigenvalue weighted by molar-refractivity contribution is 5.72. The van der Waals surface area contributed by atoms with Crippen molar-refractivity contribution in [3.05, 3.63) is 125 Å².